The van der Waals surface area contributed by atoms with Gasteiger partial charge in [-0.05, 0) is 32.6 Å². The molecule has 0 bridgehead atoms. The predicted molar refractivity (Wildman–Crippen MR) is 90.4 cm³/mol. The zero-order chi connectivity index (χ0) is 16.9. The second-order valence-electron chi connectivity index (χ2n) is 6.90. The molecular formula is C17H27N5O2. The Labute approximate surface area is 143 Å². The lowest BCUT2D eigenvalue weighted by molar-refractivity contribution is -0.128. The van der Waals surface area contributed by atoms with Crippen molar-refractivity contribution in [3.8, 4) is 0 Å². The summed E-state index contributed by atoms with van der Waals surface area (Å²) in [6.07, 6.45) is 10.1. The maximum absolute atomic E-state index is 12.7. The molecule has 1 aromatic rings. The third kappa shape index (κ3) is 4.07. The monoisotopic (exact) mass is 333 g/mol. The van der Waals surface area contributed by atoms with Crippen molar-refractivity contribution in [2.45, 2.75) is 57.7 Å². The van der Waals surface area contributed by atoms with Gasteiger partial charge in [0.15, 0.2) is 0 Å². The average Bonchev–Trinajstić information content (AvgIpc) is 3.20. The maximum atomic E-state index is 12.7. The molecule has 3 rings (SSSR count). The van der Waals surface area contributed by atoms with Crippen LogP contribution in [-0.2, 0) is 11.3 Å². The summed E-state index contributed by atoms with van der Waals surface area (Å²) in [5.41, 5.74) is 0. The van der Waals surface area contributed by atoms with Gasteiger partial charge in [0.25, 0.3) is 0 Å². The summed E-state index contributed by atoms with van der Waals surface area (Å²) < 4.78 is 1.96. The largest absolute Gasteiger partial charge is 0.341 e. The number of likely N-dealkylation sites (tertiary alicyclic amines) is 2. The van der Waals surface area contributed by atoms with E-state index in [9.17, 15) is 9.59 Å². The third-order valence-corrected chi connectivity index (χ3v) is 4.90. The Kier molecular flexibility index (Phi) is 5.37. The van der Waals surface area contributed by atoms with Gasteiger partial charge in [0, 0.05) is 51.0 Å². The highest BCUT2D eigenvalue weighted by Gasteiger charge is 2.31. The molecule has 2 aliphatic heterocycles. The van der Waals surface area contributed by atoms with Gasteiger partial charge in [0.05, 0.1) is 12.4 Å². The molecule has 1 N–H and O–H groups in total. The first-order chi connectivity index (χ1) is 11.6. The SMILES string of the molecule is CC(Cn1ccnc1)NC(=O)N1CCCCC1CN1CCCC1=O. The quantitative estimate of drug-likeness (QED) is 0.887. The highest BCUT2D eigenvalue weighted by Crippen LogP contribution is 2.20. The van der Waals surface area contributed by atoms with Gasteiger partial charge in [-0.2, -0.15) is 0 Å². The lowest BCUT2D eigenvalue weighted by atomic mass is 10.0. The number of imidazole rings is 1. The number of aromatic nitrogens is 2. The minimum atomic E-state index is -0.0149. The Morgan fingerprint density at radius 2 is 2.25 bits per heavy atom. The normalized spacial score (nSPS) is 22.7. The van der Waals surface area contributed by atoms with Crippen LogP contribution in [0.15, 0.2) is 18.7 Å². The van der Waals surface area contributed by atoms with Crippen LogP contribution in [0.2, 0.25) is 0 Å². The molecule has 2 saturated heterocycles. The molecular weight excluding hydrogens is 306 g/mol. The first kappa shape index (κ1) is 16.8. The van der Waals surface area contributed by atoms with Gasteiger partial charge in [-0.25, -0.2) is 9.78 Å². The van der Waals surface area contributed by atoms with Crippen LogP contribution in [0, 0.1) is 0 Å². The van der Waals surface area contributed by atoms with Crippen molar-refractivity contribution < 1.29 is 9.59 Å². The Bertz CT molecular complexity index is 559. The Balaban J connectivity index is 1.55. The van der Waals surface area contributed by atoms with E-state index in [4.69, 9.17) is 0 Å². The number of urea groups is 1. The summed E-state index contributed by atoms with van der Waals surface area (Å²) in [5, 5.41) is 3.09. The zero-order valence-electron chi connectivity index (χ0n) is 14.4. The first-order valence-corrected chi connectivity index (χ1v) is 8.94. The van der Waals surface area contributed by atoms with E-state index in [2.05, 4.69) is 10.3 Å². The number of piperidine rings is 1. The smallest absolute Gasteiger partial charge is 0.317 e. The molecule has 2 aliphatic rings. The Hall–Kier alpha value is -2.05. The Morgan fingerprint density at radius 3 is 2.96 bits per heavy atom. The van der Waals surface area contributed by atoms with Crippen molar-refractivity contribution >= 4 is 11.9 Å². The van der Waals surface area contributed by atoms with Crippen molar-refractivity contribution in [3.05, 3.63) is 18.7 Å². The molecule has 7 heteroatoms. The summed E-state index contributed by atoms with van der Waals surface area (Å²) in [6, 6.07) is 0.155. The second-order valence-corrected chi connectivity index (χ2v) is 6.90. The first-order valence-electron chi connectivity index (χ1n) is 8.94. The summed E-state index contributed by atoms with van der Waals surface area (Å²) >= 11 is 0. The fourth-order valence-electron chi connectivity index (χ4n) is 3.66. The predicted octanol–water partition coefficient (Wildman–Crippen LogP) is 1.46. The van der Waals surface area contributed by atoms with Gasteiger partial charge in [0.2, 0.25) is 5.91 Å². The highest BCUT2D eigenvalue weighted by atomic mass is 16.2. The number of nitrogens with zero attached hydrogens (tertiary/aromatic N) is 4. The van der Waals surface area contributed by atoms with Crippen LogP contribution < -0.4 is 5.32 Å². The number of hydrogen-bond acceptors (Lipinski definition) is 3. The lowest BCUT2D eigenvalue weighted by Gasteiger charge is -2.38. The minimum Gasteiger partial charge on any atom is -0.341 e. The van der Waals surface area contributed by atoms with Crippen LogP contribution in [0.25, 0.3) is 0 Å². The van der Waals surface area contributed by atoms with Crippen LogP contribution in [0.4, 0.5) is 4.79 Å². The van der Waals surface area contributed by atoms with Gasteiger partial charge in [-0.15, -0.1) is 0 Å². The molecule has 3 amide bonds. The van der Waals surface area contributed by atoms with E-state index >= 15 is 0 Å². The summed E-state index contributed by atoms with van der Waals surface area (Å²) in [7, 11) is 0. The molecule has 3 heterocycles. The minimum absolute atomic E-state index is 0.0149. The summed E-state index contributed by atoms with van der Waals surface area (Å²) in [5.74, 6) is 0.231. The highest BCUT2D eigenvalue weighted by molar-refractivity contribution is 5.78. The van der Waals surface area contributed by atoms with Crippen LogP contribution in [0.1, 0.15) is 39.0 Å². The number of nitrogens with one attached hydrogen (secondary N) is 1. The van der Waals surface area contributed by atoms with Gasteiger partial charge >= 0.3 is 6.03 Å². The van der Waals surface area contributed by atoms with E-state index in [-0.39, 0.29) is 24.0 Å². The van der Waals surface area contributed by atoms with Crippen molar-refractivity contribution in [1.82, 2.24) is 24.7 Å². The van der Waals surface area contributed by atoms with Gasteiger partial charge < -0.3 is 19.7 Å². The van der Waals surface area contributed by atoms with Gasteiger partial charge in [0.1, 0.15) is 0 Å². The number of carbonyl (C=O) groups excluding carboxylic acids is 2. The molecule has 2 unspecified atom stereocenters. The van der Waals surface area contributed by atoms with Crippen LogP contribution in [0.3, 0.4) is 0 Å². The maximum Gasteiger partial charge on any atom is 0.317 e. The molecule has 1 aromatic heterocycles. The van der Waals surface area contributed by atoms with E-state index < -0.39 is 0 Å². The van der Waals surface area contributed by atoms with Crippen LogP contribution in [-0.4, -0.2) is 63.0 Å². The number of amides is 3. The zero-order valence-corrected chi connectivity index (χ0v) is 14.4. The number of carbonyl (C=O) groups is 2. The van der Waals surface area contributed by atoms with E-state index in [0.717, 1.165) is 38.8 Å². The molecule has 24 heavy (non-hydrogen) atoms. The summed E-state index contributed by atoms with van der Waals surface area (Å²) in [6.45, 7) is 5.00. The van der Waals surface area contributed by atoms with E-state index in [1.54, 1.807) is 12.5 Å². The molecule has 132 valence electrons. The van der Waals surface area contributed by atoms with Crippen molar-refractivity contribution in [3.63, 3.8) is 0 Å². The topological polar surface area (TPSA) is 70.5 Å². The molecule has 7 nitrogen and oxygen atoms in total. The third-order valence-electron chi connectivity index (χ3n) is 4.90. The lowest BCUT2D eigenvalue weighted by Crippen LogP contribution is -2.54. The summed E-state index contributed by atoms with van der Waals surface area (Å²) in [4.78, 5) is 32.4. The number of hydrogen-bond donors (Lipinski definition) is 1. The molecule has 0 saturated carbocycles. The molecule has 0 aromatic carbocycles. The van der Waals surface area contributed by atoms with Crippen LogP contribution >= 0.6 is 0 Å². The van der Waals surface area contributed by atoms with Crippen molar-refractivity contribution in [1.29, 1.82) is 0 Å². The fraction of sp³-hybridized carbons (Fsp3) is 0.706. The molecule has 0 radical (unpaired) electrons. The van der Waals surface area contributed by atoms with Crippen LogP contribution in [0.5, 0.6) is 0 Å². The number of rotatable bonds is 5. The molecule has 2 fully saturated rings. The van der Waals surface area contributed by atoms with E-state index in [1.807, 2.05) is 27.5 Å². The second kappa shape index (κ2) is 7.68. The van der Waals surface area contributed by atoms with Crippen molar-refractivity contribution in [2.24, 2.45) is 0 Å². The molecule has 0 aliphatic carbocycles. The van der Waals surface area contributed by atoms with Crippen molar-refractivity contribution in [2.75, 3.05) is 19.6 Å². The molecule has 0 spiro atoms. The Morgan fingerprint density at radius 1 is 1.38 bits per heavy atom. The molecule has 2 atom stereocenters. The standard InChI is InChI=1S/C17H27N5O2/c1-14(11-20-10-7-18-13-20)19-17(24)22-9-3-2-5-15(22)12-21-8-4-6-16(21)23/h7,10,13-15H,2-6,8-9,11-12H2,1H3,(H,19,24). The average molecular weight is 333 g/mol. The van der Waals surface area contributed by atoms with E-state index in [1.165, 1.54) is 0 Å². The van der Waals surface area contributed by atoms with Gasteiger partial charge in [-0.3, -0.25) is 4.79 Å². The fourth-order valence-corrected chi connectivity index (χ4v) is 3.66. The van der Waals surface area contributed by atoms with E-state index in [0.29, 0.717) is 19.5 Å². The van der Waals surface area contributed by atoms with Gasteiger partial charge in [-0.1, -0.05) is 0 Å².